The largest absolute Gasteiger partial charge is 0.472 e. The van der Waals surface area contributed by atoms with Crippen molar-refractivity contribution in [2.24, 2.45) is 46.3 Å². The molecular weight excluding hydrogens is 573 g/mol. The molecule has 12 nitrogen and oxygen atoms in total. The van der Waals surface area contributed by atoms with E-state index in [0.717, 1.165) is 0 Å². The first kappa shape index (κ1) is 32.5. The second kappa shape index (κ2) is 11.2. The minimum Gasteiger partial charge on any atom is -0.438 e. The van der Waals surface area contributed by atoms with E-state index in [9.17, 15) is 33.9 Å². The van der Waals surface area contributed by atoms with E-state index in [1.54, 1.807) is 0 Å². The molecule has 11 unspecified atom stereocenters. The van der Waals surface area contributed by atoms with Crippen LogP contribution < -0.4 is 0 Å². The lowest BCUT2D eigenvalue weighted by Gasteiger charge is -2.65. The van der Waals surface area contributed by atoms with Crippen LogP contribution in [0.2, 0.25) is 0 Å². The van der Waals surface area contributed by atoms with Crippen molar-refractivity contribution in [3.63, 3.8) is 0 Å². The summed E-state index contributed by atoms with van der Waals surface area (Å²) in [6, 6.07) is 0. The van der Waals surface area contributed by atoms with E-state index in [1.165, 1.54) is 0 Å². The highest BCUT2D eigenvalue weighted by Crippen LogP contribution is 2.72. The summed E-state index contributed by atoms with van der Waals surface area (Å²) in [5.74, 6) is -5.64. The van der Waals surface area contributed by atoms with Gasteiger partial charge in [-0.3, -0.25) is 4.79 Å². The van der Waals surface area contributed by atoms with Gasteiger partial charge in [0.2, 0.25) is 12.6 Å². The highest BCUT2D eigenvalue weighted by atomic mass is 31.2. The van der Waals surface area contributed by atoms with Gasteiger partial charge in [0, 0.05) is 18.8 Å². The topological polar surface area (TPSA) is 200 Å². The van der Waals surface area contributed by atoms with Crippen LogP contribution in [0.3, 0.4) is 0 Å². The van der Waals surface area contributed by atoms with Gasteiger partial charge in [-0.2, -0.15) is 0 Å². The second-order valence-corrected chi connectivity index (χ2v) is 15.4. The Morgan fingerprint density at radius 3 is 2.33 bits per heavy atom. The summed E-state index contributed by atoms with van der Waals surface area (Å²) in [5, 5.41) is 22.0. The Hall–Kier alpha value is -0.460. The number of rotatable bonds is 9. The fourth-order valence-electron chi connectivity index (χ4n) is 9.17. The number of phosphoric acid groups is 2. The van der Waals surface area contributed by atoms with Gasteiger partial charge in [0.25, 0.3) is 0 Å². The molecule has 11 atom stereocenters. The van der Waals surface area contributed by atoms with E-state index >= 15 is 4.39 Å². The molecule has 4 fully saturated rings. The van der Waals surface area contributed by atoms with Crippen LogP contribution in [0.5, 0.6) is 0 Å². The quantitative estimate of drug-likeness (QED) is 0.126. The van der Waals surface area contributed by atoms with Gasteiger partial charge in [0.15, 0.2) is 0 Å². The summed E-state index contributed by atoms with van der Waals surface area (Å²) >= 11 is 0. The van der Waals surface area contributed by atoms with Crippen LogP contribution in [0.25, 0.3) is 0 Å². The minimum atomic E-state index is -5.21. The molecule has 6 N–H and O–H groups in total. The maximum Gasteiger partial charge on any atom is 0.472 e. The summed E-state index contributed by atoms with van der Waals surface area (Å²) in [4.78, 5) is 49.0. The number of carbonyl (C=O) groups is 1. The molecule has 0 radical (unpaired) electrons. The van der Waals surface area contributed by atoms with Crippen LogP contribution in [-0.4, -0.2) is 60.6 Å². The summed E-state index contributed by atoms with van der Waals surface area (Å²) in [5.41, 5.74) is -1.23. The molecule has 40 heavy (non-hydrogen) atoms. The van der Waals surface area contributed by atoms with E-state index < -0.39 is 75.1 Å². The molecule has 4 aliphatic rings. The van der Waals surface area contributed by atoms with Crippen LogP contribution in [0.4, 0.5) is 4.39 Å². The molecule has 0 aliphatic heterocycles. The van der Waals surface area contributed by atoms with Gasteiger partial charge in [0.05, 0.1) is 12.2 Å². The second-order valence-electron chi connectivity index (χ2n) is 13.0. The SMILES string of the molecule is CC(CCC(=O)OCOP(=O)(O)O)C1CCC2C3C(CC(O)C12C)C1(C)CCC(O)CC1CC3(F)OP(=O)(O)O. The van der Waals surface area contributed by atoms with Gasteiger partial charge in [-0.25, -0.2) is 22.6 Å². The first-order chi connectivity index (χ1) is 18.3. The highest BCUT2D eigenvalue weighted by Gasteiger charge is 2.71. The normalized spacial score (nSPS) is 44.3. The molecule has 0 heterocycles. The molecule has 15 heteroatoms. The zero-order valence-corrected chi connectivity index (χ0v) is 24.9. The van der Waals surface area contributed by atoms with Crippen LogP contribution in [-0.2, 0) is 27.7 Å². The lowest BCUT2D eigenvalue weighted by atomic mass is 9.42. The van der Waals surface area contributed by atoms with E-state index in [4.69, 9.17) is 19.0 Å². The van der Waals surface area contributed by atoms with Gasteiger partial charge < -0.3 is 34.5 Å². The smallest absolute Gasteiger partial charge is 0.438 e. The maximum atomic E-state index is 17.0. The first-order valence-corrected chi connectivity index (χ1v) is 17.0. The number of aliphatic hydroxyl groups is 2. The average Bonchev–Trinajstić information content (AvgIpc) is 3.15. The Kier molecular flexibility index (Phi) is 9.11. The van der Waals surface area contributed by atoms with Gasteiger partial charge in [-0.1, -0.05) is 20.8 Å². The molecule has 0 aromatic heterocycles. The molecule has 0 spiro atoms. The zero-order valence-electron chi connectivity index (χ0n) is 23.1. The van der Waals surface area contributed by atoms with E-state index in [-0.39, 0.29) is 37.0 Å². The van der Waals surface area contributed by atoms with Crippen LogP contribution in [0.1, 0.15) is 78.6 Å². The molecule has 0 aromatic rings. The number of aliphatic hydroxyl groups excluding tert-OH is 2. The molecule has 0 saturated heterocycles. The minimum absolute atomic E-state index is 0.0540. The Balaban J connectivity index is 1.56. The van der Waals surface area contributed by atoms with Crippen molar-refractivity contribution in [1.29, 1.82) is 0 Å². The molecule has 4 rings (SSSR count). The lowest BCUT2D eigenvalue weighted by Crippen LogP contribution is -2.65. The number of hydrogen-bond acceptors (Lipinski definition) is 8. The predicted molar refractivity (Wildman–Crippen MR) is 137 cm³/mol. The van der Waals surface area contributed by atoms with Crippen molar-refractivity contribution in [2.45, 2.75) is 96.6 Å². The molecule has 232 valence electrons. The maximum absolute atomic E-state index is 17.0. The Bertz CT molecular complexity index is 1050. The summed E-state index contributed by atoms with van der Waals surface area (Å²) in [6.07, 6.45) is 1.45. The summed E-state index contributed by atoms with van der Waals surface area (Å²) in [6.45, 7) is 4.99. The molecule has 4 saturated carbocycles. The van der Waals surface area contributed by atoms with E-state index in [2.05, 4.69) is 4.52 Å². The van der Waals surface area contributed by atoms with Crippen molar-refractivity contribution in [3.05, 3.63) is 0 Å². The molecule has 0 aromatic carbocycles. The number of fused-ring (bicyclic) bond motifs is 5. The Labute approximate surface area is 233 Å². The summed E-state index contributed by atoms with van der Waals surface area (Å²) in [7, 11) is -9.98. The average molecular weight is 617 g/mol. The third-order valence-corrected chi connectivity index (χ3v) is 12.0. The van der Waals surface area contributed by atoms with Crippen molar-refractivity contribution >= 4 is 21.6 Å². The van der Waals surface area contributed by atoms with Crippen molar-refractivity contribution in [3.8, 4) is 0 Å². The van der Waals surface area contributed by atoms with Gasteiger partial charge in [-0.15, -0.1) is 0 Å². The van der Waals surface area contributed by atoms with Gasteiger partial charge in [-0.05, 0) is 85.4 Å². The number of phosphoric ester groups is 2. The number of hydrogen-bond donors (Lipinski definition) is 6. The Morgan fingerprint density at radius 1 is 1.02 bits per heavy atom. The van der Waals surface area contributed by atoms with Crippen molar-refractivity contribution in [2.75, 3.05) is 6.79 Å². The number of esters is 1. The molecule has 0 bridgehead atoms. The number of alkyl halides is 1. The van der Waals surface area contributed by atoms with Crippen molar-refractivity contribution < 1.29 is 61.9 Å². The first-order valence-electron chi connectivity index (χ1n) is 14.0. The van der Waals surface area contributed by atoms with Crippen LogP contribution >= 0.6 is 15.6 Å². The molecule has 4 aliphatic carbocycles. The fraction of sp³-hybridized carbons (Fsp3) is 0.960. The molecular formula is C25H43FO12P2. The standard InChI is InChI=1S/C25H43FO12P2/c1-14(4-7-21(29)36-13-37-39(30,31)32)17-5-6-18-22-19(11-20(28)24(17,18)3)23(2)9-8-16(27)10-15(23)12-25(22,26)38-40(33,34)35/h14-20,22,27-28H,4-13H2,1-3H3,(H2,30,31,32)(H2,33,34,35). The van der Waals surface area contributed by atoms with Gasteiger partial charge >= 0.3 is 21.6 Å². The Morgan fingerprint density at radius 2 is 1.70 bits per heavy atom. The number of carbonyl (C=O) groups excluding carboxylic acids is 1. The van der Waals surface area contributed by atoms with Crippen LogP contribution in [0, 0.1) is 46.3 Å². The third kappa shape index (κ3) is 6.25. The summed E-state index contributed by atoms with van der Waals surface area (Å²) < 4.78 is 53.6. The monoisotopic (exact) mass is 616 g/mol. The predicted octanol–water partition coefficient (Wildman–Crippen LogP) is 3.39. The fourth-order valence-corrected chi connectivity index (χ4v) is 9.95. The zero-order chi connectivity index (χ0) is 29.9. The van der Waals surface area contributed by atoms with Crippen molar-refractivity contribution in [1.82, 2.24) is 0 Å². The van der Waals surface area contributed by atoms with Gasteiger partial charge in [0.1, 0.15) is 0 Å². The number of halogens is 1. The molecule has 0 amide bonds. The highest BCUT2D eigenvalue weighted by molar-refractivity contribution is 7.46. The van der Waals surface area contributed by atoms with E-state index in [1.807, 2.05) is 20.8 Å². The van der Waals surface area contributed by atoms with Crippen LogP contribution in [0.15, 0.2) is 0 Å². The third-order valence-electron chi connectivity index (χ3n) is 11.0. The lowest BCUT2D eigenvalue weighted by molar-refractivity contribution is -0.278. The number of ether oxygens (including phenoxy) is 1. The van der Waals surface area contributed by atoms with E-state index in [0.29, 0.717) is 38.5 Å².